The lowest BCUT2D eigenvalue weighted by atomic mass is 10.1. The lowest BCUT2D eigenvalue weighted by Gasteiger charge is -2.15. The summed E-state index contributed by atoms with van der Waals surface area (Å²) in [6, 6.07) is 3.99. The molecule has 6 heteroatoms. The molecule has 0 fully saturated rings. The van der Waals surface area contributed by atoms with Gasteiger partial charge in [-0.05, 0) is 30.2 Å². The van der Waals surface area contributed by atoms with E-state index in [4.69, 9.17) is 14.9 Å². The van der Waals surface area contributed by atoms with Crippen molar-refractivity contribution in [2.45, 2.75) is 25.8 Å². The van der Waals surface area contributed by atoms with E-state index in [9.17, 15) is 9.59 Å². The summed E-state index contributed by atoms with van der Waals surface area (Å²) in [4.78, 5) is 21.6. The molecule has 0 saturated heterocycles. The molecule has 1 atom stereocenters. The van der Waals surface area contributed by atoms with E-state index < -0.39 is 24.4 Å². The molecule has 0 saturated carbocycles. The molecule has 1 aromatic rings. The Labute approximate surface area is 111 Å². The molecule has 104 valence electrons. The summed E-state index contributed by atoms with van der Waals surface area (Å²) in [7, 11) is 1.56. The number of ether oxygens (including phenoxy) is 1. The van der Waals surface area contributed by atoms with E-state index in [1.807, 2.05) is 6.92 Å². The Kier molecular flexibility index (Phi) is 5.17. The zero-order valence-electron chi connectivity index (χ0n) is 10.8. The van der Waals surface area contributed by atoms with E-state index in [0.29, 0.717) is 5.69 Å². The van der Waals surface area contributed by atoms with Crippen LogP contribution in [0.25, 0.3) is 0 Å². The standard InChI is InChI=1S/C13H17NO5/c1-3-8-6-9(4-5-11(8)19-2)14-10(13(17)18)7-12(15)16/h4-6,10,14H,3,7H2,1-2H3,(H,15,16)(H,17,18). The summed E-state index contributed by atoms with van der Waals surface area (Å²) < 4.78 is 5.17. The van der Waals surface area contributed by atoms with Crippen LogP contribution in [0.1, 0.15) is 18.9 Å². The predicted molar refractivity (Wildman–Crippen MR) is 69.7 cm³/mol. The fraction of sp³-hybridized carbons (Fsp3) is 0.385. The van der Waals surface area contributed by atoms with Crippen molar-refractivity contribution in [2.24, 2.45) is 0 Å². The average molecular weight is 267 g/mol. The lowest BCUT2D eigenvalue weighted by Crippen LogP contribution is -2.31. The van der Waals surface area contributed by atoms with E-state index in [1.54, 1.807) is 25.3 Å². The maximum absolute atomic E-state index is 11.0. The Morgan fingerprint density at radius 3 is 2.53 bits per heavy atom. The molecular formula is C13H17NO5. The van der Waals surface area contributed by atoms with E-state index in [2.05, 4.69) is 5.32 Å². The normalized spacial score (nSPS) is 11.7. The molecule has 0 aliphatic carbocycles. The van der Waals surface area contributed by atoms with Crippen molar-refractivity contribution in [2.75, 3.05) is 12.4 Å². The van der Waals surface area contributed by atoms with Crippen LogP contribution in [0.3, 0.4) is 0 Å². The first-order valence-corrected chi connectivity index (χ1v) is 5.86. The first-order valence-electron chi connectivity index (χ1n) is 5.86. The molecule has 0 bridgehead atoms. The minimum absolute atomic E-state index is 0.483. The van der Waals surface area contributed by atoms with Gasteiger partial charge in [0, 0.05) is 5.69 Å². The molecular weight excluding hydrogens is 250 g/mol. The fourth-order valence-electron chi connectivity index (χ4n) is 1.72. The molecule has 6 nitrogen and oxygen atoms in total. The van der Waals surface area contributed by atoms with E-state index >= 15 is 0 Å². The van der Waals surface area contributed by atoms with Gasteiger partial charge in [-0.2, -0.15) is 0 Å². The number of aryl methyl sites for hydroxylation is 1. The number of rotatable bonds is 7. The molecule has 0 aliphatic rings. The van der Waals surface area contributed by atoms with Crippen LogP contribution in [0, 0.1) is 0 Å². The third kappa shape index (κ3) is 4.17. The number of hydrogen-bond donors (Lipinski definition) is 3. The van der Waals surface area contributed by atoms with Crippen LogP contribution >= 0.6 is 0 Å². The van der Waals surface area contributed by atoms with Gasteiger partial charge < -0.3 is 20.3 Å². The molecule has 1 rings (SSSR count). The van der Waals surface area contributed by atoms with Gasteiger partial charge >= 0.3 is 11.9 Å². The molecule has 19 heavy (non-hydrogen) atoms. The number of nitrogens with one attached hydrogen (secondary N) is 1. The highest BCUT2D eigenvalue weighted by molar-refractivity contribution is 5.83. The molecule has 0 aliphatic heterocycles. The van der Waals surface area contributed by atoms with Crippen LogP contribution in [0.5, 0.6) is 5.75 Å². The highest BCUT2D eigenvalue weighted by Crippen LogP contribution is 2.23. The molecule has 1 unspecified atom stereocenters. The number of carboxylic acids is 2. The molecule has 1 aromatic carbocycles. The zero-order valence-corrected chi connectivity index (χ0v) is 10.8. The van der Waals surface area contributed by atoms with Gasteiger partial charge in [-0.15, -0.1) is 0 Å². The van der Waals surface area contributed by atoms with Crippen molar-refractivity contribution in [3.05, 3.63) is 23.8 Å². The third-order valence-electron chi connectivity index (χ3n) is 2.68. The van der Waals surface area contributed by atoms with Crippen LogP contribution in [0.2, 0.25) is 0 Å². The summed E-state index contributed by atoms with van der Waals surface area (Å²) in [5.41, 5.74) is 1.48. The SMILES string of the molecule is CCc1cc(NC(CC(=O)O)C(=O)O)ccc1OC. The van der Waals surface area contributed by atoms with Crippen molar-refractivity contribution in [3.8, 4) is 5.75 Å². The quantitative estimate of drug-likeness (QED) is 0.694. The van der Waals surface area contributed by atoms with Crippen molar-refractivity contribution in [1.29, 1.82) is 0 Å². The lowest BCUT2D eigenvalue weighted by molar-refractivity contribution is -0.144. The van der Waals surface area contributed by atoms with Crippen molar-refractivity contribution < 1.29 is 24.5 Å². The molecule has 0 radical (unpaired) electrons. The van der Waals surface area contributed by atoms with Crippen molar-refractivity contribution >= 4 is 17.6 Å². The average Bonchev–Trinajstić information content (AvgIpc) is 2.37. The van der Waals surface area contributed by atoms with Crippen LogP contribution in [-0.2, 0) is 16.0 Å². The first-order chi connectivity index (χ1) is 8.97. The second kappa shape index (κ2) is 6.63. The highest BCUT2D eigenvalue weighted by Gasteiger charge is 2.20. The van der Waals surface area contributed by atoms with Gasteiger partial charge in [0.25, 0.3) is 0 Å². The monoisotopic (exact) mass is 267 g/mol. The number of anilines is 1. The Morgan fingerprint density at radius 1 is 1.37 bits per heavy atom. The summed E-state index contributed by atoms with van der Waals surface area (Å²) in [5, 5.41) is 20.3. The van der Waals surface area contributed by atoms with Crippen LogP contribution in [0.15, 0.2) is 18.2 Å². The molecule has 0 heterocycles. The summed E-state index contributed by atoms with van der Waals surface area (Å²) in [6.45, 7) is 1.95. The largest absolute Gasteiger partial charge is 0.496 e. The Bertz CT molecular complexity index is 472. The van der Waals surface area contributed by atoms with Crippen LogP contribution < -0.4 is 10.1 Å². The Hall–Kier alpha value is -2.24. The number of carboxylic acid groups (broad SMARTS) is 2. The number of hydrogen-bond acceptors (Lipinski definition) is 4. The second-order valence-electron chi connectivity index (χ2n) is 4.01. The van der Waals surface area contributed by atoms with E-state index in [-0.39, 0.29) is 0 Å². The van der Waals surface area contributed by atoms with Crippen LogP contribution in [0.4, 0.5) is 5.69 Å². The van der Waals surface area contributed by atoms with Gasteiger partial charge in [0.05, 0.1) is 13.5 Å². The molecule has 0 amide bonds. The van der Waals surface area contributed by atoms with Gasteiger partial charge in [0.1, 0.15) is 11.8 Å². The minimum Gasteiger partial charge on any atom is -0.496 e. The zero-order chi connectivity index (χ0) is 14.4. The van der Waals surface area contributed by atoms with Gasteiger partial charge in [-0.25, -0.2) is 4.79 Å². The summed E-state index contributed by atoms with van der Waals surface area (Å²) >= 11 is 0. The molecule has 0 aromatic heterocycles. The van der Waals surface area contributed by atoms with Gasteiger partial charge in [0.2, 0.25) is 0 Å². The third-order valence-corrected chi connectivity index (χ3v) is 2.68. The van der Waals surface area contributed by atoms with Crippen LogP contribution in [-0.4, -0.2) is 35.3 Å². The maximum Gasteiger partial charge on any atom is 0.326 e. The number of aliphatic carboxylic acids is 2. The van der Waals surface area contributed by atoms with Gasteiger partial charge in [-0.1, -0.05) is 6.92 Å². The Balaban J connectivity index is 2.90. The summed E-state index contributed by atoms with van der Waals surface area (Å²) in [5.74, 6) is -1.64. The topological polar surface area (TPSA) is 95.9 Å². The maximum atomic E-state index is 11.0. The molecule has 3 N–H and O–H groups in total. The van der Waals surface area contributed by atoms with Gasteiger partial charge in [-0.3, -0.25) is 4.79 Å². The summed E-state index contributed by atoms with van der Waals surface area (Å²) in [6.07, 6.45) is 0.248. The minimum atomic E-state index is -1.20. The van der Waals surface area contributed by atoms with E-state index in [1.165, 1.54) is 0 Å². The Morgan fingerprint density at radius 2 is 2.05 bits per heavy atom. The number of methoxy groups -OCH3 is 1. The smallest absolute Gasteiger partial charge is 0.326 e. The second-order valence-corrected chi connectivity index (χ2v) is 4.01. The highest BCUT2D eigenvalue weighted by atomic mass is 16.5. The number of benzene rings is 1. The molecule has 0 spiro atoms. The van der Waals surface area contributed by atoms with Crippen molar-refractivity contribution in [3.63, 3.8) is 0 Å². The van der Waals surface area contributed by atoms with Crippen molar-refractivity contribution in [1.82, 2.24) is 0 Å². The van der Waals surface area contributed by atoms with E-state index in [0.717, 1.165) is 17.7 Å². The first kappa shape index (κ1) is 14.8. The van der Waals surface area contributed by atoms with Gasteiger partial charge in [0.15, 0.2) is 0 Å². The fourth-order valence-corrected chi connectivity index (χ4v) is 1.72. The number of carbonyl (C=O) groups is 2. The predicted octanol–water partition coefficient (Wildman–Crippen LogP) is 1.60.